The van der Waals surface area contributed by atoms with Crippen LogP contribution in [0.3, 0.4) is 0 Å². The first-order chi connectivity index (χ1) is 11.2. The summed E-state index contributed by atoms with van der Waals surface area (Å²) in [5, 5.41) is 17.6. The van der Waals surface area contributed by atoms with Crippen LogP contribution in [0.1, 0.15) is 22.5 Å². The topological polar surface area (TPSA) is 50.9 Å². The number of aliphatic hydroxyl groups is 1. The van der Waals surface area contributed by atoms with Crippen LogP contribution in [0.25, 0.3) is 17.8 Å². The Morgan fingerprint density at radius 2 is 1.74 bits per heavy atom. The van der Waals surface area contributed by atoms with Crippen LogP contribution in [0, 0.1) is 12.7 Å². The molecule has 1 N–H and O–H groups in total. The second-order valence-corrected chi connectivity index (χ2v) is 5.21. The molecule has 1 heterocycles. The van der Waals surface area contributed by atoms with Crippen LogP contribution in [-0.2, 0) is 6.61 Å². The number of halogens is 1. The zero-order valence-corrected chi connectivity index (χ0v) is 12.6. The number of benzene rings is 2. The molecular formula is C18H16FN3O. The third-order valence-electron chi connectivity index (χ3n) is 3.51. The van der Waals surface area contributed by atoms with Gasteiger partial charge in [-0.1, -0.05) is 41.1 Å². The van der Waals surface area contributed by atoms with Crippen LogP contribution in [0.5, 0.6) is 0 Å². The Morgan fingerprint density at radius 1 is 1.04 bits per heavy atom. The SMILES string of the molecule is Cc1ccc(-n2nnc(CO)c2/C=C/c2ccc(F)cc2)cc1. The maximum Gasteiger partial charge on any atom is 0.123 e. The molecule has 1 aromatic heterocycles. The Hall–Kier alpha value is -2.79. The van der Waals surface area contributed by atoms with Crippen LogP contribution in [0.4, 0.5) is 4.39 Å². The van der Waals surface area contributed by atoms with Crippen LogP contribution >= 0.6 is 0 Å². The van der Waals surface area contributed by atoms with Crippen molar-refractivity contribution in [2.75, 3.05) is 0 Å². The molecule has 3 rings (SSSR count). The van der Waals surface area contributed by atoms with E-state index in [1.807, 2.05) is 43.3 Å². The smallest absolute Gasteiger partial charge is 0.123 e. The van der Waals surface area contributed by atoms with Crippen molar-refractivity contribution >= 4 is 12.2 Å². The minimum atomic E-state index is -0.274. The molecule has 116 valence electrons. The van der Waals surface area contributed by atoms with Crippen molar-refractivity contribution in [2.24, 2.45) is 0 Å². The molecule has 0 aliphatic carbocycles. The van der Waals surface area contributed by atoms with Gasteiger partial charge in [0, 0.05) is 0 Å². The van der Waals surface area contributed by atoms with Gasteiger partial charge in [0.15, 0.2) is 0 Å². The van der Waals surface area contributed by atoms with Crippen molar-refractivity contribution in [3.63, 3.8) is 0 Å². The van der Waals surface area contributed by atoms with Crippen molar-refractivity contribution in [1.29, 1.82) is 0 Å². The molecule has 23 heavy (non-hydrogen) atoms. The Labute approximate surface area is 133 Å². The molecule has 0 fully saturated rings. The van der Waals surface area contributed by atoms with Crippen LogP contribution in [0.15, 0.2) is 48.5 Å². The number of rotatable bonds is 4. The van der Waals surface area contributed by atoms with Gasteiger partial charge in [-0.25, -0.2) is 9.07 Å². The minimum absolute atomic E-state index is 0.199. The summed E-state index contributed by atoms with van der Waals surface area (Å²) < 4.78 is 14.6. The Kier molecular flexibility index (Phi) is 4.30. The number of hydrogen-bond donors (Lipinski definition) is 1. The van der Waals surface area contributed by atoms with Gasteiger partial charge in [-0.2, -0.15) is 0 Å². The molecule has 0 aliphatic heterocycles. The Morgan fingerprint density at radius 3 is 2.39 bits per heavy atom. The fraction of sp³-hybridized carbons (Fsp3) is 0.111. The number of aryl methyl sites for hydroxylation is 1. The van der Waals surface area contributed by atoms with E-state index < -0.39 is 0 Å². The largest absolute Gasteiger partial charge is 0.390 e. The van der Waals surface area contributed by atoms with E-state index in [-0.39, 0.29) is 12.4 Å². The highest BCUT2D eigenvalue weighted by Gasteiger charge is 2.10. The van der Waals surface area contributed by atoms with E-state index in [4.69, 9.17) is 0 Å². The van der Waals surface area contributed by atoms with E-state index in [9.17, 15) is 9.50 Å². The lowest BCUT2D eigenvalue weighted by atomic mass is 10.1. The average molecular weight is 309 g/mol. The number of aromatic nitrogens is 3. The predicted molar refractivity (Wildman–Crippen MR) is 87.3 cm³/mol. The van der Waals surface area contributed by atoms with E-state index in [1.165, 1.54) is 12.1 Å². The highest BCUT2D eigenvalue weighted by Crippen LogP contribution is 2.17. The van der Waals surface area contributed by atoms with Crippen molar-refractivity contribution in [1.82, 2.24) is 15.0 Å². The lowest BCUT2D eigenvalue weighted by molar-refractivity contribution is 0.276. The van der Waals surface area contributed by atoms with Crippen molar-refractivity contribution in [3.05, 3.63) is 76.9 Å². The molecule has 0 radical (unpaired) electrons. The van der Waals surface area contributed by atoms with E-state index in [0.717, 1.165) is 16.8 Å². The third-order valence-corrected chi connectivity index (χ3v) is 3.51. The first-order valence-electron chi connectivity index (χ1n) is 7.23. The zero-order valence-electron chi connectivity index (χ0n) is 12.6. The summed E-state index contributed by atoms with van der Waals surface area (Å²) in [5.74, 6) is -0.274. The molecule has 0 saturated heterocycles. The average Bonchev–Trinajstić information content (AvgIpc) is 2.98. The quantitative estimate of drug-likeness (QED) is 0.804. The summed E-state index contributed by atoms with van der Waals surface area (Å²) in [7, 11) is 0. The number of hydrogen-bond acceptors (Lipinski definition) is 3. The molecular weight excluding hydrogens is 293 g/mol. The normalized spacial score (nSPS) is 11.3. The molecule has 0 spiro atoms. The summed E-state index contributed by atoms with van der Waals surface area (Å²) in [5.41, 5.74) is 4.05. The fourth-order valence-electron chi connectivity index (χ4n) is 2.23. The summed E-state index contributed by atoms with van der Waals surface area (Å²) in [4.78, 5) is 0. The van der Waals surface area contributed by atoms with Gasteiger partial charge in [0.1, 0.15) is 11.5 Å². The van der Waals surface area contributed by atoms with Gasteiger partial charge in [0.05, 0.1) is 18.0 Å². The molecule has 0 unspecified atom stereocenters. The van der Waals surface area contributed by atoms with Gasteiger partial charge >= 0.3 is 0 Å². The molecule has 4 nitrogen and oxygen atoms in total. The zero-order chi connectivity index (χ0) is 16.2. The van der Waals surface area contributed by atoms with Crippen LogP contribution in [0.2, 0.25) is 0 Å². The van der Waals surface area contributed by atoms with Gasteiger partial charge in [-0.05, 0) is 42.8 Å². The maximum atomic E-state index is 13.0. The molecule has 0 atom stereocenters. The van der Waals surface area contributed by atoms with Crippen LogP contribution < -0.4 is 0 Å². The van der Waals surface area contributed by atoms with Gasteiger partial charge in [-0.15, -0.1) is 5.10 Å². The van der Waals surface area contributed by atoms with Crippen LogP contribution in [-0.4, -0.2) is 20.1 Å². The molecule has 0 amide bonds. The maximum absolute atomic E-state index is 13.0. The standard InChI is InChI=1S/C18H16FN3O/c1-13-2-9-16(10-3-13)22-18(17(12-23)20-21-22)11-6-14-4-7-15(19)8-5-14/h2-11,23H,12H2,1H3/b11-6+. The molecule has 0 bridgehead atoms. The highest BCUT2D eigenvalue weighted by atomic mass is 19.1. The molecule has 2 aromatic carbocycles. The van der Waals surface area contributed by atoms with Gasteiger partial charge in [0.25, 0.3) is 0 Å². The van der Waals surface area contributed by atoms with Crippen molar-refractivity contribution < 1.29 is 9.50 Å². The number of nitrogens with zero attached hydrogens (tertiary/aromatic N) is 3. The first-order valence-corrected chi connectivity index (χ1v) is 7.23. The van der Waals surface area contributed by atoms with E-state index in [1.54, 1.807) is 16.8 Å². The summed E-state index contributed by atoms with van der Waals surface area (Å²) in [6.45, 7) is 1.81. The second kappa shape index (κ2) is 6.54. The first kappa shape index (κ1) is 15.1. The Bertz CT molecular complexity index is 820. The molecule has 5 heteroatoms. The highest BCUT2D eigenvalue weighted by molar-refractivity contribution is 5.69. The van der Waals surface area contributed by atoms with Gasteiger partial charge in [0.2, 0.25) is 0 Å². The van der Waals surface area contributed by atoms with E-state index in [0.29, 0.717) is 11.4 Å². The summed E-state index contributed by atoms with van der Waals surface area (Å²) in [6, 6.07) is 14.0. The second-order valence-electron chi connectivity index (χ2n) is 5.21. The van der Waals surface area contributed by atoms with Gasteiger partial charge < -0.3 is 5.11 Å². The lowest BCUT2D eigenvalue weighted by Gasteiger charge is -2.04. The molecule has 3 aromatic rings. The Balaban J connectivity index is 1.98. The third kappa shape index (κ3) is 3.35. The summed E-state index contributed by atoms with van der Waals surface area (Å²) >= 11 is 0. The molecule has 0 aliphatic rings. The lowest BCUT2D eigenvalue weighted by Crippen LogP contribution is -2.00. The van der Waals surface area contributed by atoms with Gasteiger partial charge in [-0.3, -0.25) is 0 Å². The predicted octanol–water partition coefficient (Wildman–Crippen LogP) is 3.38. The van der Waals surface area contributed by atoms with Crippen molar-refractivity contribution in [3.8, 4) is 5.69 Å². The number of aliphatic hydroxyl groups excluding tert-OH is 1. The fourth-order valence-corrected chi connectivity index (χ4v) is 2.23. The monoisotopic (exact) mass is 309 g/mol. The minimum Gasteiger partial charge on any atom is -0.390 e. The van der Waals surface area contributed by atoms with E-state index in [2.05, 4.69) is 10.3 Å². The van der Waals surface area contributed by atoms with Crippen molar-refractivity contribution in [2.45, 2.75) is 13.5 Å². The summed E-state index contributed by atoms with van der Waals surface area (Å²) in [6.07, 6.45) is 3.65. The van der Waals surface area contributed by atoms with E-state index >= 15 is 0 Å². The molecule has 0 saturated carbocycles.